The van der Waals surface area contributed by atoms with Gasteiger partial charge in [-0.05, 0) is 49.8 Å². The van der Waals surface area contributed by atoms with E-state index in [1.165, 1.54) is 12.1 Å². The van der Waals surface area contributed by atoms with Gasteiger partial charge in [-0.25, -0.2) is 0 Å². The first-order valence-electron chi connectivity index (χ1n) is 16.7. The molecule has 18 heteroatoms. The molecule has 12 N–H and O–H groups in total. The van der Waals surface area contributed by atoms with E-state index in [1.807, 2.05) is 0 Å². The molecule has 0 unspecified atom stereocenters. The van der Waals surface area contributed by atoms with E-state index < -0.39 is 78.5 Å². The quantitative estimate of drug-likeness (QED) is 0.0585. The molecule has 0 bridgehead atoms. The van der Waals surface area contributed by atoms with E-state index in [4.69, 9.17) is 11.5 Å². The molecule has 18 nitrogen and oxygen atoms in total. The van der Waals surface area contributed by atoms with Crippen LogP contribution in [-0.4, -0.2) is 101 Å². The van der Waals surface area contributed by atoms with Crippen LogP contribution in [0.3, 0.4) is 0 Å². The van der Waals surface area contributed by atoms with Gasteiger partial charge < -0.3 is 53.6 Å². The number of unbranched alkanes of at least 4 members (excludes halogenated alkanes) is 1. The predicted molar refractivity (Wildman–Crippen MR) is 187 cm³/mol. The molecule has 0 radical (unpaired) electrons. The minimum Gasteiger partial charge on any atom is -0.507 e. The molecule has 6 amide bonds. The lowest BCUT2D eigenvalue weighted by Crippen LogP contribution is -2.58. The number of carboxylic acid groups (broad SMARTS) is 1. The topological polar surface area (TPSA) is 297 Å². The molecule has 0 spiro atoms. The molecule has 0 aromatic heterocycles. The van der Waals surface area contributed by atoms with Crippen LogP contribution < -0.4 is 43.4 Å². The maximum absolute atomic E-state index is 13.8. The second kappa shape index (κ2) is 20.5. The summed E-state index contributed by atoms with van der Waals surface area (Å²) >= 11 is 0. The van der Waals surface area contributed by atoms with E-state index in [0.29, 0.717) is 18.4 Å². The zero-order chi connectivity index (χ0) is 38.0. The fourth-order valence-corrected chi connectivity index (χ4v) is 5.27. The van der Waals surface area contributed by atoms with Crippen molar-refractivity contribution in [2.45, 2.75) is 69.1 Å². The number of aliphatic carboxylic acids is 1. The third-order valence-corrected chi connectivity index (χ3v) is 7.93. The molecule has 280 valence electrons. The number of amides is 6. The maximum Gasteiger partial charge on any atom is 0.305 e. The third kappa shape index (κ3) is 13.6. The number of hydrogen-bond acceptors (Lipinski definition) is 9. The fraction of sp³-hybridized carbons (Fsp3) is 0.412. The highest BCUT2D eigenvalue weighted by molar-refractivity contribution is 5.98. The minimum atomic E-state index is -1.60. The number of nitrogens with one attached hydrogen (secondary N) is 6. The van der Waals surface area contributed by atoms with E-state index in [2.05, 4.69) is 36.9 Å². The predicted octanol–water partition coefficient (Wildman–Crippen LogP) is -1.87. The van der Waals surface area contributed by atoms with E-state index in [9.17, 15) is 43.8 Å². The van der Waals surface area contributed by atoms with Crippen molar-refractivity contribution in [1.82, 2.24) is 31.9 Å². The molecule has 1 heterocycles. The van der Waals surface area contributed by atoms with Crippen molar-refractivity contribution in [1.29, 1.82) is 0 Å². The number of para-hydroxylation sites is 1. The number of rotatable bonds is 14. The Morgan fingerprint density at radius 3 is 2.02 bits per heavy atom. The summed E-state index contributed by atoms with van der Waals surface area (Å²) < 4.78 is 0. The molecule has 1 fully saturated rings. The number of benzene rings is 2. The summed E-state index contributed by atoms with van der Waals surface area (Å²) in [6, 6.07) is 9.31. The van der Waals surface area contributed by atoms with Crippen LogP contribution in [0, 0.1) is 0 Å². The average Bonchev–Trinajstić information content (AvgIpc) is 3.10. The Balaban J connectivity index is 1.87. The van der Waals surface area contributed by atoms with E-state index in [1.54, 1.807) is 42.5 Å². The Kier molecular flexibility index (Phi) is 15.8. The zero-order valence-electron chi connectivity index (χ0n) is 28.4. The van der Waals surface area contributed by atoms with Crippen molar-refractivity contribution in [3.05, 3.63) is 65.7 Å². The molecule has 3 rings (SSSR count). The van der Waals surface area contributed by atoms with Crippen molar-refractivity contribution in [3.8, 4) is 5.75 Å². The van der Waals surface area contributed by atoms with Crippen LogP contribution in [0.2, 0.25) is 0 Å². The number of hydrogen-bond donors (Lipinski definition) is 10. The SMILES string of the molecule is NC(N)=NCCC[C@@H]1NC(=O)[C@H](CCCCNC(=O)c2ccccc2O)NC(=O)[C@@H](Cc2ccccc2)NC(=O)[C@H](CC(=O)O)NC(=O)CNC1=O. The summed E-state index contributed by atoms with van der Waals surface area (Å²) in [5.41, 5.74) is 11.5. The largest absolute Gasteiger partial charge is 0.507 e. The van der Waals surface area contributed by atoms with Gasteiger partial charge in [0.1, 0.15) is 29.9 Å². The second-order valence-electron chi connectivity index (χ2n) is 12.0. The van der Waals surface area contributed by atoms with Gasteiger partial charge in [0.15, 0.2) is 5.96 Å². The normalized spacial score (nSPS) is 20.0. The Bertz CT molecular complexity index is 1620. The zero-order valence-corrected chi connectivity index (χ0v) is 28.4. The molecule has 1 saturated heterocycles. The van der Waals surface area contributed by atoms with Crippen LogP contribution in [-0.2, 0) is 35.2 Å². The Morgan fingerprint density at radius 1 is 0.750 bits per heavy atom. The number of nitrogens with two attached hydrogens (primary N) is 2. The number of carbonyl (C=O) groups excluding carboxylic acids is 6. The Labute approximate surface area is 299 Å². The summed E-state index contributed by atoms with van der Waals surface area (Å²) in [5.74, 6) is -6.38. The molecule has 4 atom stereocenters. The maximum atomic E-state index is 13.8. The summed E-state index contributed by atoms with van der Waals surface area (Å²) in [7, 11) is 0. The summed E-state index contributed by atoms with van der Waals surface area (Å²) in [4.78, 5) is 94.9. The Hall–Kier alpha value is -6.20. The molecule has 0 saturated carbocycles. The van der Waals surface area contributed by atoms with Gasteiger partial charge in [-0.15, -0.1) is 0 Å². The van der Waals surface area contributed by atoms with Crippen LogP contribution in [0.5, 0.6) is 5.75 Å². The fourth-order valence-electron chi connectivity index (χ4n) is 5.27. The van der Waals surface area contributed by atoms with E-state index >= 15 is 0 Å². The summed E-state index contributed by atoms with van der Waals surface area (Å²) in [6.07, 6.45) is 0.113. The first-order chi connectivity index (χ1) is 24.8. The van der Waals surface area contributed by atoms with Crippen LogP contribution in [0.15, 0.2) is 59.6 Å². The number of aliphatic imine (C=N–C) groups is 1. The molecule has 2 aromatic carbocycles. The van der Waals surface area contributed by atoms with Crippen molar-refractivity contribution in [3.63, 3.8) is 0 Å². The van der Waals surface area contributed by atoms with Gasteiger partial charge in [-0.3, -0.25) is 38.6 Å². The standard InChI is InChI=1S/C34H45N9O9/c35-34(36)38-16-8-13-22-30(49)39-19-27(45)40-25(18-28(46)47)33(52)43-24(17-20-9-2-1-3-10-20)32(51)42-23(31(50)41-22)12-6-7-15-37-29(48)21-11-4-5-14-26(21)44/h1-5,9-11,14,22-25,44H,6-8,12-13,15-19H2,(H,37,48)(H,39,49)(H,40,45)(H,41,50)(H,42,51)(H,43,52)(H,46,47)(H4,35,36,38)/t22-,23-,24+,25-/m0/s1. The minimum absolute atomic E-state index is 0.0350. The lowest BCUT2D eigenvalue weighted by molar-refractivity contribution is -0.141. The molecular formula is C34H45N9O9. The highest BCUT2D eigenvalue weighted by atomic mass is 16.4. The number of carbonyl (C=O) groups is 7. The van der Waals surface area contributed by atoms with Crippen LogP contribution in [0.1, 0.15) is 54.4 Å². The van der Waals surface area contributed by atoms with Crippen LogP contribution in [0.4, 0.5) is 0 Å². The van der Waals surface area contributed by atoms with Crippen LogP contribution >= 0.6 is 0 Å². The number of guanidine groups is 1. The third-order valence-electron chi connectivity index (χ3n) is 7.93. The average molecular weight is 724 g/mol. The molecular weight excluding hydrogens is 678 g/mol. The summed E-state index contributed by atoms with van der Waals surface area (Å²) in [6.45, 7) is -0.353. The molecule has 2 aromatic rings. The van der Waals surface area contributed by atoms with Gasteiger partial charge in [0, 0.05) is 19.5 Å². The van der Waals surface area contributed by atoms with Gasteiger partial charge in [0.05, 0.1) is 18.5 Å². The van der Waals surface area contributed by atoms with Crippen molar-refractivity contribution in [2.75, 3.05) is 19.6 Å². The summed E-state index contributed by atoms with van der Waals surface area (Å²) in [5, 5.41) is 34.6. The smallest absolute Gasteiger partial charge is 0.305 e. The van der Waals surface area contributed by atoms with Gasteiger partial charge in [0.2, 0.25) is 29.5 Å². The van der Waals surface area contributed by atoms with Crippen LogP contribution in [0.25, 0.3) is 0 Å². The second-order valence-corrected chi connectivity index (χ2v) is 12.0. The number of phenols is 1. The lowest BCUT2D eigenvalue weighted by Gasteiger charge is -2.26. The molecule has 1 aliphatic rings. The van der Waals surface area contributed by atoms with Crippen molar-refractivity contribution < 1.29 is 43.8 Å². The molecule has 0 aliphatic carbocycles. The molecule has 1 aliphatic heterocycles. The van der Waals surface area contributed by atoms with Gasteiger partial charge in [-0.1, -0.05) is 42.5 Å². The highest BCUT2D eigenvalue weighted by Crippen LogP contribution is 2.15. The number of nitrogens with zero attached hydrogens (tertiary/aromatic N) is 1. The molecule has 52 heavy (non-hydrogen) atoms. The van der Waals surface area contributed by atoms with E-state index in [-0.39, 0.29) is 56.0 Å². The van der Waals surface area contributed by atoms with E-state index in [0.717, 1.165) is 0 Å². The highest BCUT2D eigenvalue weighted by Gasteiger charge is 2.33. The number of phenolic OH excluding ortho intramolecular Hbond substituents is 1. The lowest BCUT2D eigenvalue weighted by atomic mass is 10.0. The van der Waals surface area contributed by atoms with Gasteiger partial charge in [0.25, 0.3) is 5.91 Å². The Morgan fingerprint density at radius 2 is 1.35 bits per heavy atom. The number of aromatic hydroxyl groups is 1. The van der Waals surface area contributed by atoms with Crippen molar-refractivity contribution >= 4 is 47.4 Å². The first-order valence-corrected chi connectivity index (χ1v) is 16.7. The van der Waals surface area contributed by atoms with Gasteiger partial charge >= 0.3 is 5.97 Å². The van der Waals surface area contributed by atoms with Crippen molar-refractivity contribution in [2.24, 2.45) is 16.5 Å². The van der Waals surface area contributed by atoms with Gasteiger partial charge in [-0.2, -0.15) is 0 Å². The number of carboxylic acids is 1. The monoisotopic (exact) mass is 723 g/mol. The first kappa shape index (κ1) is 40.2.